The first kappa shape index (κ1) is 19.1. The zero-order valence-corrected chi connectivity index (χ0v) is 15.5. The SMILES string of the molecule is Cn1nc(C(C)(C)C)cc1NC(=O)CN(CCO)Cc1ccccc1. The van der Waals surface area contributed by atoms with Crippen LogP contribution in [0.25, 0.3) is 0 Å². The van der Waals surface area contributed by atoms with Gasteiger partial charge in [0.2, 0.25) is 5.91 Å². The van der Waals surface area contributed by atoms with E-state index in [1.54, 1.807) is 4.68 Å². The third-order valence-corrected chi connectivity index (χ3v) is 3.95. The molecule has 0 saturated carbocycles. The Kier molecular flexibility index (Phi) is 6.33. The quantitative estimate of drug-likeness (QED) is 0.807. The van der Waals surface area contributed by atoms with Crippen LogP contribution in [0.3, 0.4) is 0 Å². The van der Waals surface area contributed by atoms with Crippen LogP contribution in [0.1, 0.15) is 32.0 Å². The highest BCUT2D eigenvalue weighted by atomic mass is 16.3. The lowest BCUT2D eigenvalue weighted by Gasteiger charge is -2.20. The lowest BCUT2D eigenvalue weighted by Crippen LogP contribution is -2.35. The number of carbonyl (C=O) groups excluding carboxylic acids is 1. The van der Waals surface area contributed by atoms with Crippen molar-refractivity contribution in [1.82, 2.24) is 14.7 Å². The predicted molar refractivity (Wildman–Crippen MR) is 99.3 cm³/mol. The van der Waals surface area contributed by atoms with Gasteiger partial charge in [-0.2, -0.15) is 5.10 Å². The number of aryl methyl sites for hydroxylation is 1. The van der Waals surface area contributed by atoms with Gasteiger partial charge >= 0.3 is 0 Å². The highest BCUT2D eigenvalue weighted by Crippen LogP contribution is 2.23. The van der Waals surface area contributed by atoms with Crippen LogP contribution in [0.4, 0.5) is 5.82 Å². The lowest BCUT2D eigenvalue weighted by atomic mass is 9.92. The number of carbonyl (C=O) groups is 1. The van der Waals surface area contributed by atoms with Crippen molar-refractivity contribution in [2.45, 2.75) is 32.7 Å². The molecule has 0 fully saturated rings. The summed E-state index contributed by atoms with van der Waals surface area (Å²) in [4.78, 5) is 14.3. The van der Waals surface area contributed by atoms with Crippen LogP contribution < -0.4 is 5.32 Å². The van der Waals surface area contributed by atoms with Crippen LogP contribution >= 0.6 is 0 Å². The summed E-state index contributed by atoms with van der Waals surface area (Å²) < 4.78 is 1.69. The molecule has 2 rings (SSSR count). The molecule has 6 heteroatoms. The molecule has 1 amide bonds. The topological polar surface area (TPSA) is 70.4 Å². The van der Waals surface area contributed by atoms with E-state index in [9.17, 15) is 9.90 Å². The Hall–Kier alpha value is -2.18. The Labute approximate surface area is 149 Å². The minimum atomic E-state index is -0.118. The van der Waals surface area contributed by atoms with Crippen molar-refractivity contribution >= 4 is 11.7 Å². The number of aliphatic hydroxyl groups is 1. The molecule has 0 aliphatic heterocycles. The normalized spacial score (nSPS) is 11.8. The van der Waals surface area contributed by atoms with Crippen molar-refractivity contribution in [2.24, 2.45) is 7.05 Å². The molecule has 0 saturated heterocycles. The maximum Gasteiger partial charge on any atom is 0.239 e. The van der Waals surface area contributed by atoms with Crippen LogP contribution in [0.2, 0.25) is 0 Å². The molecule has 25 heavy (non-hydrogen) atoms. The van der Waals surface area contributed by atoms with Crippen LogP contribution in [0.15, 0.2) is 36.4 Å². The molecule has 0 aliphatic rings. The average molecular weight is 344 g/mol. The highest BCUT2D eigenvalue weighted by molar-refractivity contribution is 5.91. The number of amides is 1. The van der Waals surface area contributed by atoms with Gasteiger partial charge in [-0.25, -0.2) is 0 Å². The number of nitrogens with zero attached hydrogens (tertiary/aromatic N) is 3. The first-order chi connectivity index (χ1) is 11.8. The van der Waals surface area contributed by atoms with E-state index in [0.29, 0.717) is 18.9 Å². The van der Waals surface area contributed by atoms with E-state index in [-0.39, 0.29) is 24.5 Å². The molecule has 1 aromatic heterocycles. The number of hydrogen-bond acceptors (Lipinski definition) is 4. The first-order valence-electron chi connectivity index (χ1n) is 8.51. The molecule has 0 spiro atoms. The number of aromatic nitrogens is 2. The second-order valence-electron chi connectivity index (χ2n) is 7.26. The summed E-state index contributed by atoms with van der Waals surface area (Å²) in [6.45, 7) is 7.55. The van der Waals surface area contributed by atoms with E-state index in [4.69, 9.17) is 0 Å². The van der Waals surface area contributed by atoms with E-state index in [1.807, 2.05) is 48.3 Å². The van der Waals surface area contributed by atoms with Gasteiger partial charge in [-0.05, 0) is 5.56 Å². The fourth-order valence-electron chi connectivity index (χ4n) is 2.53. The van der Waals surface area contributed by atoms with Gasteiger partial charge < -0.3 is 10.4 Å². The molecule has 136 valence electrons. The van der Waals surface area contributed by atoms with E-state index in [0.717, 1.165) is 11.3 Å². The number of nitrogens with one attached hydrogen (secondary N) is 1. The molecule has 0 bridgehead atoms. The van der Waals surface area contributed by atoms with Gasteiger partial charge in [0, 0.05) is 31.6 Å². The van der Waals surface area contributed by atoms with Gasteiger partial charge in [-0.15, -0.1) is 0 Å². The maximum atomic E-state index is 12.4. The van der Waals surface area contributed by atoms with E-state index in [2.05, 4.69) is 31.2 Å². The minimum absolute atomic E-state index is 0.0139. The molecule has 6 nitrogen and oxygen atoms in total. The zero-order chi connectivity index (χ0) is 18.4. The van der Waals surface area contributed by atoms with Gasteiger partial charge in [0.15, 0.2) is 0 Å². The van der Waals surface area contributed by atoms with Crippen LogP contribution in [0.5, 0.6) is 0 Å². The first-order valence-corrected chi connectivity index (χ1v) is 8.51. The molecular formula is C19H28N4O2. The number of rotatable bonds is 7. The number of benzene rings is 1. The van der Waals surface area contributed by atoms with Gasteiger partial charge in [-0.1, -0.05) is 51.1 Å². The lowest BCUT2D eigenvalue weighted by molar-refractivity contribution is -0.117. The summed E-state index contributed by atoms with van der Waals surface area (Å²) in [6, 6.07) is 11.8. The van der Waals surface area contributed by atoms with Gasteiger partial charge in [0.1, 0.15) is 5.82 Å². The molecule has 0 unspecified atom stereocenters. The number of anilines is 1. The van der Waals surface area contributed by atoms with Crippen molar-refractivity contribution in [3.63, 3.8) is 0 Å². The van der Waals surface area contributed by atoms with Crippen molar-refractivity contribution in [3.05, 3.63) is 47.7 Å². The van der Waals surface area contributed by atoms with E-state index < -0.39 is 0 Å². The Morgan fingerprint density at radius 2 is 1.96 bits per heavy atom. The third kappa shape index (κ3) is 5.69. The van der Waals surface area contributed by atoms with Crippen molar-refractivity contribution in [3.8, 4) is 0 Å². The Morgan fingerprint density at radius 1 is 1.28 bits per heavy atom. The zero-order valence-electron chi connectivity index (χ0n) is 15.5. The Morgan fingerprint density at radius 3 is 2.52 bits per heavy atom. The summed E-state index contributed by atoms with van der Waals surface area (Å²) in [5.41, 5.74) is 1.97. The fraction of sp³-hybridized carbons (Fsp3) is 0.474. The summed E-state index contributed by atoms with van der Waals surface area (Å²) in [6.07, 6.45) is 0. The van der Waals surface area contributed by atoms with Crippen LogP contribution in [-0.4, -0.2) is 45.4 Å². The molecule has 0 aliphatic carbocycles. The standard InChI is InChI=1S/C19H28N4O2/c1-19(2,3)16-12-17(22(4)21-16)20-18(25)14-23(10-11-24)13-15-8-6-5-7-9-15/h5-9,12,24H,10-11,13-14H2,1-4H3,(H,20,25). The highest BCUT2D eigenvalue weighted by Gasteiger charge is 2.20. The second kappa shape index (κ2) is 8.27. The predicted octanol–water partition coefficient (Wildman–Crippen LogP) is 2.15. The summed E-state index contributed by atoms with van der Waals surface area (Å²) >= 11 is 0. The van der Waals surface area contributed by atoms with Crippen LogP contribution in [0, 0.1) is 0 Å². The molecule has 0 atom stereocenters. The van der Waals surface area contributed by atoms with Crippen molar-refractivity contribution in [1.29, 1.82) is 0 Å². The Bertz CT molecular complexity index is 689. The number of aliphatic hydroxyl groups excluding tert-OH is 1. The smallest absolute Gasteiger partial charge is 0.239 e. The monoisotopic (exact) mass is 344 g/mol. The maximum absolute atomic E-state index is 12.4. The Balaban J connectivity index is 2.00. The molecule has 1 heterocycles. The van der Waals surface area contributed by atoms with Gasteiger partial charge in [0.05, 0.1) is 18.8 Å². The largest absolute Gasteiger partial charge is 0.395 e. The second-order valence-corrected chi connectivity index (χ2v) is 7.26. The third-order valence-electron chi connectivity index (χ3n) is 3.95. The molecule has 2 N–H and O–H groups in total. The minimum Gasteiger partial charge on any atom is -0.395 e. The van der Waals surface area contributed by atoms with Crippen LogP contribution in [-0.2, 0) is 23.8 Å². The summed E-state index contributed by atoms with van der Waals surface area (Å²) in [5.74, 6) is 0.562. The summed E-state index contributed by atoms with van der Waals surface area (Å²) in [7, 11) is 1.82. The van der Waals surface area contributed by atoms with Crippen molar-refractivity contribution < 1.29 is 9.90 Å². The summed E-state index contributed by atoms with van der Waals surface area (Å²) in [5, 5.41) is 16.6. The van der Waals surface area contributed by atoms with Gasteiger partial charge in [-0.3, -0.25) is 14.4 Å². The average Bonchev–Trinajstić information content (AvgIpc) is 2.89. The molecule has 2 aromatic rings. The molecule has 0 radical (unpaired) electrons. The van der Waals surface area contributed by atoms with E-state index >= 15 is 0 Å². The number of hydrogen-bond donors (Lipinski definition) is 2. The van der Waals surface area contributed by atoms with E-state index in [1.165, 1.54) is 0 Å². The fourth-order valence-corrected chi connectivity index (χ4v) is 2.53. The molecule has 1 aromatic carbocycles. The molecular weight excluding hydrogens is 316 g/mol. The van der Waals surface area contributed by atoms with Crippen molar-refractivity contribution in [2.75, 3.05) is 25.0 Å². The van der Waals surface area contributed by atoms with Gasteiger partial charge in [0.25, 0.3) is 0 Å².